The fraction of sp³-hybridized carbons (Fsp3) is 0.696. The number of aliphatic carboxylic acids is 1. The minimum Gasteiger partial charge on any atom is -0.481 e. The average molecular weight is 833 g/mol. The monoisotopic (exact) mass is 833 g/mol. The van der Waals surface area contributed by atoms with E-state index in [2.05, 4.69) is 48.8 Å². The highest BCUT2D eigenvalue weighted by Gasteiger charge is 2.01. The van der Waals surface area contributed by atoms with Gasteiger partial charge in [0.1, 0.15) is 0 Å². The number of carboxylic acids is 1. The number of hydrogen-bond donors (Lipinski definition) is 3. The Morgan fingerprint density at radius 2 is 0.983 bits per heavy atom. The second-order valence-corrected chi connectivity index (χ2v) is 13.0. The Morgan fingerprint density at radius 3 is 1.41 bits per heavy atom. The quantitative estimate of drug-likeness (QED) is 0.0491. The average Bonchev–Trinajstić information content (AvgIpc) is 3.87. The van der Waals surface area contributed by atoms with E-state index in [0.717, 1.165) is 90.6 Å². The normalized spacial score (nSPS) is 11.4. The predicted octanol–water partition coefficient (Wildman–Crippen LogP) is 7.82. The molecule has 2 aromatic rings. The van der Waals surface area contributed by atoms with Crippen molar-refractivity contribution in [2.75, 3.05) is 99.0 Å². The van der Waals surface area contributed by atoms with Gasteiger partial charge in [-0.2, -0.15) is 0 Å². The van der Waals surface area contributed by atoms with Crippen LogP contribution in [-0.2, 0) is 55.8 Å². The molecule has 3 rings (SSSR count). The molecule has 1 aliphatic heterocycles. The minimum absolute atomic E-state index is 0.100. The lowest BCUT2D eigenvalue weighted by Gasteiger charge is -2.06. The highest BCUT2D eigenvalue weighted by molar-refractivity contribution is 6.05. The van der Waals surface area contributed by atoms with Crippen LogP contribution in [-0.4, -0.2) is 124 Å². The Bertz CT molecular complexity index is 1090. The molecule has 0 atom stereocenters. The summed E-state index contributed by atoms with van der Waals surface area (Å²) in [6.07, 6.45) is 10.2. The second-order valence-electron chi connectivity index (χ2n) is 13.0. The Hall–Kier alpha value is -2.88. The van der Waals surface area contributed by atoms with Gasteiger partial charge in [0.05, 0.1) is 47.5 Å². The summed E-state index contributed by atoms with van der Waals surface area (Å²) in [4.78, 5) is 21.7. The summed E-state index contributed by atoms with van der Waals surface area (Å²) in [6, 6.07) is 20.4. The molecule has 0 aromatic heterocycles. The van der Waals surface area contributed by atoms with Gasteiger partial charge in [0.2, 0.25) is 5.91 Å². The van der Waals surface area contributed by atoms with Crippen LogP contribution in [0.15, 0.2) is 60.7 Å². The molecule has 2 aromatic carbocycles. The first kappa shape index (κ1) is 58.2. The van der Waals surface area contributed by atoms with Gasteiger partial charge in [-0.1, -0.05) is 67.5 Å². The van der Waals surface area contributed by atoms with Crippen LogP contribution in [0.3, 0.4) is 0 Å². The van der Waals surface area contributed by atoms with Crippen molar-refractivity contribution in [3.8, 4) is 0 Å². The number of benzene rings is 2. The van der Waals surface area contributed by atoms with Gasteiger partial charge in [-0.05, 0) is 96.2 Å². The Kier molecular flexibility index (Phi) is 50.6. The third-order valence-electron chi connectivity index (χ3n) is 8.07. The van der Waals surface area contributed by atoms with Crippen molar-refractivity contribution in [1.82, 2.24) is 10.6 Å². The first-order valence-electron chi connectivity index (χ1n) is 21.9. The van der Waals surface area contributed by atoms with Crippen molar-refractivity contribution in [2.45, 2.75) is 111 Å². The van der Waals surface area contributed by atoms with Crippen molar-refractivity contribution in [3.63, 3.8) is 0 Å². The number of ether oxygens (including phenoxy) is 7. The first-order valence-corrected chi connectivity index (χ1v) is 21.9. The maximum absolute atomic E-state index is 11.6. The zero-order chi connectivity index (χ0) is 43.5. The summed E-state index contributed by atoms with van der Waals surface area (Å²) in [5, 5.41) is 14.7. The Labute approximate surface area is 359 Å². The van der Waals surface area contributed by atoms with Crippen LogP contribution in [0, 0.1) is 0 Å². The fourth-order valence-electron chi connectivity index (χ4n) is 4.92. The van der Waals surface area contributed by atoms with Gasteiger partial charge in [0, 0.05) is 78.8 Å². The molecule has 1 fully saturated rings. The number of carbonyl (C=O) groups is 2. The standard InChI is InChI=1S/C16H25NO3.C16H27NO2.C9H18O4.C4H8O.CH3B/c1-2-19-12-13-20-11-7-6-10-16(18)17-14-15-8-4-3-5-9-15;1-2-18-13-14-19-12-8-4-7-11-17-15-16-9-5-3-6-10-16;1-2-12-7-8-13-6-4-3-5-9(10)11;1-2-4-5-3-1;1-2/h3-5,8-9H,2,6-7,10-14H2,1H3,(H,17,18);3,5-6,9-10,17H,2,4,7-8,11-15H2,1H3;2-8H2,1H3,(H,10,11);1-4H2;1H3. The van der Waals surface area contributed by atoms with Gasteiger partial charge in [0.15, 0.2) is 0 Å². The van der Waals surface area contributed by atoms with E-state index >= 15 is 0 Å². The van der Waals surface area contributed by atoms with Gasteiger partial charge < -0.3 is 48.9 Å². The van der Waals surface area contributed by atoms with E-state index in [9.17, 15) is 9.59 Å². The molecule has 1 aliphatic rings. The molecule has 0 spiro atoms. The van der Waals surface area contributed by atoms with Crippen LogP contribution in [0.2, 0.25) is 6.82 Å². The Morgan fingerprint density at radius 1 is 0.559 bits per heavy atom. The van der Waals surface area contributed by atoms with E-state index in [4.69, 9.17) is 38.3 Å². The number of nitrogens with one attached hydrogen (secondary N) is 2. The van der Waals surface area contributed by atoms with Gasteiger partial charge in [-0.3, -0.25) is 9.59 Å². The number of carboxylic acid groups (broad SMARTS) is 1. The number of unbranched alkanes of at least 4 members (excludes halogenated alkanes) is 4. The van der Waals surface area contributed by atoms with Crippen LogP contribution in [0.5, 0.6) is 0 Å². The molecule has 3 N–H and O–H groups in total. The van der Waals surface area contributed by atoms with Crippen molar-refractivity contribution < 1.29 is 47.9 Å². The van der Waals surface area contributed by atoms with Gasteiger partial charge >= 0.3 is 5.97 Å². The van der Waals surface area contributed by atoms with Crippen LogP contribution < -0.4 is 10.6 Å². The third kappa shape index (κ3) is 49.4. The van der Waals surface area contributed by atoms with Crippen molar-refractivity contribution in [1.29, 1.82) is 0 Å². The predicted molar refractivity (Wildman–Crippen MR) is 239 cm³/mol. The maximum Gasteiger partial charge on any atom is 0.303 e. The minimum atomic E-state index is -0.741. The van der Waals surface area contributed by atoms with Crippen LogP contribution in [0.25, 0.3) is 0 Å². The Balaban J connectivity index is 0. The van der Waals surface area contributed by atoms with Crippen molar-refractivity contribution in [2.24, 2.45) is 0 Å². The summed E-state index contributed by atoms with van der Waals surface area (Å²) < 4.78 is 36.4. The summed E-state index contributed by atoms with van der Waals surface area (Å²) in [5.41, 5.74) is 2.47. The second kappa shape index (κ2) is 51.3. The molecule has 0 unspecified atom stereocenters. The van der Waals surface area contributed by atoms with E-state index in [1.54, 1.807) is 0 Å². The molecule has 1 heterocycles. The fourth-order valence-corrected chi connectivity index (χ4v) is 4.92. The molecule has 1 saturated heterocycles. The molecule has 338 valence electrons. The van der Waals surface area contributed by atoms with Gasteiger partial charge in [-0.15, -0.1) is 0 Å². The summed E-state index contributed by atoms with van der Waals surface area (Å²) in [7, 11) is 4.50. The van der Waals surface area contributed by atoms with E-state index in [0.29, 0.717) is 65.6 Å². The molecule has 0 saturated carbocycles. The lowest BCUT2D eigenvalue weighted by Crippen LogP contribution is -2.22. The molecule has 12 nitrogen and oxygen atoms in total. The highest BCUT2D eigenvalue weighted by Crippen LogP contribution is 2.02. The van der Waals surface area contributed by atoms with E-state index in [-0.39, 0.29) is 12.3 Å². The zero-order valence-corrected chi connectivity index (χ0v) is 37.3. The van der Waals surface area contributed by atoms with Crippen LogP contribution in [0.1, 0.15) is 103 Å². The molecule has 1 amide bonds. The van der Waals surface area contributed by atoms with E-state index in [1.165, 1.54) is 38.1 Å². The van der Waals surface area contributed by atoms with Crippen molar-refractivity contribution in [3.05, 3.63) is 71.8 Å². The zero-order valence-electron chi connectivity index (χ0n) is 37.3. The molecule has 13 heteroatoms. The van der Waals surface area contributed by atoms with Crippen LogP contribution >= 0.6 is 0 Å². The number of carbonyl (C=O) groups excluding carboxylic acids is 1. The number of amides is 1. The van der Waals surface area contributed by atoms with E-state index in [1.807, 2.05) is 51.1 Å². The lowest BCUT2D eigenvalue weighted by molar-refractivity contribution is -0.137. The molecule has 0 aliphatic carbocycles. The van der Waals surface area contributed by atoms with Gasteiger partial charge in [0.25, 0.3) is 0 Å². The molecular formula is C46H81BN2O10. The summed E-state index contributed by atoms with van der Waals surface area (Å²) >= 11 is 0. The van der Waals surface area contributed by atoms with E-state index < -0.39 is 5.97 Å². The third-order valence-corrected chi connectivity index (χ3v) is 8.07. The number of rotatable bonds is 32. The van der Waals surface area contributed by atoms with Gasteiger partial charge in [-0.25, -0.2) is 0 Å². The molecule has 2 radical (unpaired) electrons. The number of hydrogen-bond acceptors (Lipinski definition) is 10. The summed E-state index contributed by atoms with van der Waals surface area (Å²) in [5.74, 6) is -0.641. The lowest BCUT2D eigenvalue weighted by atomic mass is 10.2. The first-order chi connectivity index (χ1) is 29.0. The molecule has 59 heavy (non-hydrogen) atoms. The van der Waals surface area contributed by atoms with Crippen molar-refractivity contribution >= 4 is 19.7 Å². The topological polar surface area (TPSA) is 143 Å². The smallest absolute Gasteiger partial charge is 0.303 e. The molecular weight excluding hydrogens is 751 g/mol. The summed E-state index contributed by atoms with van der Waals surface area (Å²) in [6.45, 7) is 20.4. The molecule has 0 bridgehead atoms. The van der Waals surface area contributed by atoms with Crippen LogP contribution in [0.4, 0.5) is 0 Å². The highest BCUT2D eigenvalue weighted by atomic mass is 16.5. The largest absolute Gasteiger partial charge is 0.481 e. The maximum atomic E-state index is 11.6. The SMILES string of the molecule is C1CCOC1.CCOCCOCCCCC(=O)NCc1ccccc1.CCOCCOCCCCC(=O)O.CCOCCOCCCCCNCc1ccccc1.[B]C.